The van der Waals surface area contributed by atoms with Gasteiger partial charge < -0.3 is 9.32 Å². The third-order valence-electron chi connectivity index (χ3n) is 3.24. The molecule has 8 heteroatoms. The SMILES string of the molecule is N#CC(C(=O)C=Cc1ccco1)C(=O)N(CC(F)(F)F)C1CC1. The van der Waals surface area contributed by atoms with Crippen LogP contribution in [0.2, 0.25) is 0 Å². The Labute approximate surface area is 130 Å². The van der Waals surface area contributed by atoms with Gasteiger partial charge in [-0.1, -0.05) is 0 Å². The summed E-state index contributed by atoms with van der Waals surface area (Å²) in [5.74, 6) is -3.44. The molecule has 1 fully saturated rings. The van der Waals surface area contributed by atoms with Crippen molar-refractivity contribution < 1.29 is 27.2 Å². The third-order valence-corrected chi connectivity index (χ3v) is 3.24. The van der Waals surface area contributed by atoms with Crippen molar-refractivity contribution in [3.63, 3.8) is 0 Å². The highest BCUT2D eigenvalue weighted by atomic mass is 19.4. The fourth-order valence-electron chi connectivity index (χ4n) is 2.02. The molecule has 1 aromatic heterocycles. The van der Waals surface area contributed by atoms with Gasteiger partial charge in [-0.15, -0.1) is 0 Å². The molecule has 2 rings (SSSR count). The summed E-state index contributed by atoms with van der Waals surface area (Å²) in [5, 5.41) is 9.02. The molecule has 1 heterocycles. The summed E-state index contributed by atoms with van der Waals surface area (Å²) in [5.41, 5.74) is 0. The van der Waals surface area contributed by atoms with Crippen molar-refractivity contribution in [3.05, 3.63) is 30.2 Å². The Morgan fingerprint density at radius 1 is 1.48 bits per heavy atom. The quantitative estimate of drug-likeness (QED) is 0.595. The van der Waals surface area contributed by atoms with E-state index in [9.17, 15) is 22.8 Å². The molecule has 1 aliphatic carbocycles. The van der Waals surface area contributed by atoms with Crippen LogP contribution in [0.25, 0.3) is 6.08 Å². The van der Waals surface area contributed by atoms with Gasteiger partial charge in [0.25, 0.3) is 0 Å². The highest BCUT2D eigenvalue weighted by Crippen LogP contribution is 2.31. The number of halogens is 3. The molecule has 0 saturated heterocycles. The standard InChI is InChI=1S/C15H13F3N2O3/c16-15(17,18)9-20(10-3-4-10)14(22)12(8-19)13(21)6-5-11-2-1-7-23-11/h1-2,5-7,10,12H,3-4,9H2. The first-order valence-electron chi connectivity index (χ1n) is 6.84. The van der Waals surface area contributed by atoms with Crippen molar-refractivity contribution >= 4 is 17.8 Å². The van der Waals surface area contributed by atoms with Crippen LogP contribution in [0.3, 0.4) is 0 Å². The van der Waals surface area contributed by atoms with E-state index < -0.39 is 36.4 Å². The number of alkyl halides is 3. The van der Waals surface area contributed by atoms with Gasteiger partial charge in [-0.05, 0) is 37.1 Å². The highest BCUT2D eigenvalue weighted by Gasteiger charge is 2.43. The van der Waals surface area contributed by atoms with Crippen LogP contribution >= 0.6 is 0 Å². The molecule has 1 atom stereocenters. The number of carbonyl (C=O) groups is 2. The van der Waals surface area contributed by atoms with E-state index in [4.69, 9.17) is 9.68 Å². The highest BCUT2D eigenvalue weighted by molar-refractivity contribution is 6.10. The number of hydrogen-bond donors (Lipinski definition) is 0. The lowest BCUT2D eigenvalue weighted by molar-refractivity contribution is -0.164. The van der Waals surface area contributed by atoms with E-state index in [2.05, 4.69) is 0 Å². The van der Waals surface area contributed by atoms with Gasteiger partial charge in [0.15, 0.2) is 11.7 Å². The van der Waals surface area contributed by atoms with E-state index in [0.717, 1.165) is 6.08 Å². The smallest absolute Gasteiger partial charge is 0.406 e. The number of ketones is 1. The zero-order valence-corrected chi connectivity index (χ0v) is 11.9. The summed E-state index contributed by atoms with van der Waals surface area (Å²) < 4.78 is 42.7. The van der Waals surface area contributed by atoms with Crippen molar-refractivity contribution in [1.29, 1.82) is 5.26 Å². The Balaban J connectivity index is 2.10. The minimum atomic E-state index is -4.58. The van der Waals surface area contributed by atoms with Gasteiger partial charge >= 0.3 is 6.18 Å². The van der Waals surface area contributed by atoms with Crippen molar-refractivity contribution in [1.82, 2.24) is 4.90 Å². The normalized spacial score (nSPS) is 16.1. The largest absolute Gasteiger partial charge is 0.465 e. The van der Waals surface area contributed by atoms with Crippen LogP contribution in [-0.2, 0) is 9.59 Å². The number of furan rings is 1. The van der Waals surface area contributed by atoms with Crippen LogP contribution < -0.4 is 0 Å². The molecule has 1 aliphatic rings. The zero-order chi connectivity index (χ0) is 17.0. The second-order valence-corrected chi connectivity index (χ2v) is 5.13. The maximum Gasteiger partial charge on any atom is 0.406 e. The number of amides is 1. The molecule has 1 amide bonds. The van der Waals surface area contributed by atoms with Crippen molar-refractivity contribution in [3.8, 4) is 6.07 Å². The van der Waals surface area contributed by atoms with E-state index in [1.807, 2.05) is 0 Å². The van der Waals surface area contributed by atoms with E-state index in [0.29, 0.717) is 23.5 Å². The fourth-order valence-corrected chi connectivity index (χ4v) is 2.02. The summed E-state index contributed by atoms with van der Waals surface area (Å²) in [4.78, 5) is 24.7. The van der Waals surface area contributed by atoms with Crippen LogP contribution in [-0.4, -0.2) is 35.4 Å². The lowest BCUT2D eigenvalue weighted by Crippen LogP contribution is -2.45. The van der Waals surface area contributed by atoms with Gasteiger partial charge in [0.2, 0.25) is 5.91 Å². The van der Waals surface area contributed by atoms with Crippen molar-refractivity contribution in [2.45, 2.75) is 25.1 Å². The van der Waals surface area contributed by atoms with Gasteiger partial charge in [0, 0.05) is 6.04 Å². The topological polar surface area (TPSA) is 74.3 Å². The van der Waals surface area contributed by atoms with Gasteiger partial charge in [0.05, 0.1) is 12.3 Å². The Kier molecular flexibility index (Phi) is 4.89. The average Bonchev–Trinajstić information content (AvgIpc) is 3.18. The molecule has 122 valence electrons. The number of hydrogen-bond acceptors (Lipinski definition) is 4. The number of allylic oxidation sites excluding steroid dienone is 1. The van der Waals surface area contributed by atoms with E-state index in [1.165, 1.54) is 18.4 Å². The van der Waals surface area contributed by atoms with E-state index in [1.54, 1.807) is 12.1 Å². The molecule has 1 aromatic rings. The molecule has 0 aromatic carbocycles. The van der Waals surface area contributed by atoms with Crippen LogP contribution in [0.15, 0.2) is 28.9 Å². The average molecular weight is 326 g/mol. The third kappa shape index (κ3) is 4.71. The first kappa shape index (κ1) is 16.8. The molecule has 0 bridgehead atoms. The van der Waals surface area contributed by atoms with Crippen molar-refractivity contribution in [2.24, 2.45) is 5.92 Å². The molecular formula is C15H13F3N2O3. The molecule has 0 radical (unpaired) electrons. The van der Waals surface area contributed by atoms with Crippen LogP contribution in [0.4, 0.5) is 13.2 Å². The Morgan fingerprint density at radius 2 is 2.17 bits per heavy atom. The Hall–Kier alpha value is -2.56. The van der Waals surface area contributed by atoms with Gasteiger partial charge in [-0.2, -0.15) is 18.4 Å². The van der Waals surface area contributed by atoms with E-state index in [-0.39, 0.29) is 0 Å². The summed E-state index contributed by atoms with van der Waals surface area (Å²) in [6.45, 7) is -1.45. The molecular weight excluding hydrogens is 313 g/mol. The number of carbonyl (C=O) groups excluding carboxylic acids is 2. The summed E-state index contributed by atoms with van der Waals surface area (Å²) in [6.07, 6.45) is -0.109. The molecule has 1 unspecified atom stereocenters. The summed E-state index contributed by atoms with van der Waals surface area (Å²) in [6, 6.07) is 4.06. The zero-order valence-electron chi connectivity index (χ0n) is 11.9. The Bertz CT molecular complexity index is 640. The maximum absolute atomic E-state index is 12.6. The van der Waals surface area contributed by atoms with Gasteiger partial charge in [-0.25, -0.2) is 0 Å². The lowest BCUT2D eigenvalue weighted by Gasteiger charge is -2.25. The fraction of sp³-hybridized carbons (Fsp3) is 0.400. The van der Waals surface area contributed by atoms with Crippen molar-refractivity contribution in [2.75, 3.05) is 6.54 Å². The summed E-state index contributed by atoms with van der Waals surface area (Å²) in [7, 11) is 0. The van der Waals surface area contributed by atoms with Crippen LogP contribution in [0, 0.1) is 17.2 Å². The summed E-state index contributed by atoms with van der Waals surface area (Å²) >= 11 is 0. The van der Waals surface area contributed by atoms with E-state index >= 15 is 0 Å². The predicted octanol–water partition coefficient (Wildman–Crippen LogP) is 2.55. The first-order valence-corrected chi connectivity index (χ1v) is 6.84. The van der Waals surface area contributed by atoms with Crippen LogP contribution in [0.1, 0.15) is 18.6 Å². The Morgan fingerprint density at radius 3 is 2.65 bits per heavy atom. The second kappa shape index (κ2) is 6.69. The first-order chi connectivity index (χ1) is 10.8. The lowest BCUT2D eigenvalue weighted by atomic mass is 10.0. The molecule has 0 aliphatic heterocycles. The second-order valence-electron chi connectivity index (χ2n) is 5.13. The predicted molar refractivity (Wildman–Crippen MR) is 72.6 cm³/mol. The van der Waals surface area contributed by atoms with Gasteiger partial charge in [0.1, 0.15) is 12.3 Å². The number of rotatable bonds is 6. The molecule has 23 heavy (non-hydrogen) atoms. The monoisotopic (exact) mass is 326 g/mol. The molecule has 5 nitrogen and oxygen atoms in total. The number of nitriles is 1. The minimum Gasteiger partial charge on any atom is -0.465 e. The molecule has 0 N–H and O–H groups in total. The molecule has 1 saturated carbocycles. The van der Waals surface area contributed by atoms with Crippen LogP contribution in [0.5, 0.6) is 0 Å². The molecule has 0 spiro atoms. The van der Waals surface area contributed by atoms with Gasteiger partial charge in [-0.3, -0.25) is 9.59 Å². The number of nitrogens with zero attached hydrogens (tertiary/aromatic N) is 2. The maximum atomic E-state index is 12.6. The minimum absolute atomic E-state index is 0.330.